The van der Waals surface area contributed by atoms with Crippen molar-refractivity contribution in [2.75, 3.05) is 19.6 Å². The Labute approximate surface area is 266 Å². The number of carbonyl (C=O) groups is 1. The molecule has 7 nitrogen and oxygen atoms in total. The highest BCUT2D eigenvalue weighted by molar-refractivity contribution is 5.74. The lowest BCUT2D eigenvalue weighted by Gasteiger charge is -2.39. The number of benzene rings is 4. The highest BCUT2D eigenvalue weighted by atomic mass is 16.7. The van der Waals surface area contributed by atoms with Crippen LogP contribution in [0.5, 0.6) is 0 Å². The van der Waals surface area contributed by atoms with Crippen molar-refractivity contribution in [3.63, 3.8) is 0 Å². The number of rotatable bonds is 10. The molecule has 3 atom stereocenters. The van der Waals surface area contributed by atoms with Crippen LogP contribution in [0.15, 0.2) is 103 Å². The second kappa shape index (κ2) is 15.3. The Bertz CT molecular complexity index is 1520. The zero-order valence-corrected chi connectivity index (χ0v) is 25.7. The quantitative estimate of drug-likeness (QED) is 0.184. The molecule has 2 heterocycles. The molecule has 0 aliphatic carbocycles. The molecule has 0 bridgehead atoms. The summed E-state index contributed by atoms with van der Waals surface area (Å²) in [6.07, 6.45) is 4.04. The molecule has 0 radical (unpaired) electrons. The maximum Gasteiger partial charge on any atom is 0.315 e. The monoisotopic (exact) mass is 605 g/mol. The van der Waals surface area contributed by atoms with E-state index in [0.29, 0.717) is 13.1 Å². The Balaban J connectivity index is 1.14. The first kappa shape index (κ1) is 31.0. The fourth-order valence-corrected chi connectivity index (χ4v) is 6.21. The molecule has 45 heavy (non-hydrogen) atoms. The number of aliphatic hydroxyl groups is 1. The predicted octanol–water partition coefficient (Wildman–Crippen LogP) is 6.88. The number of nitrogens with one attached hydrogen (secondary N) is 2. The Morgan fingerprint density at radius 1 is 0.711 bits per heavy atom. The molecule has 0 spiro atoms. The fourth-order valence-electron chi connectivity index (χ4n) is 6.21. The molecule has 3 N–H and O–H groups in total. The van der Waals surface area contributed by atoms with Crippen LogP contribution in [-0.2, 0) is 29.2 Å². The third-order valence-electron chi connectivity index (χ3n) is 8.69. The van der Waals surface area contributed by atoms with Gasteiger partial charge >= 0.3 is 6.03 Å². The van der Waals surface area contributed by atoms with Gasteiger partial charge in [0.15, 0.2) is 6.29 Å². The largest absolute Gasteiger partial charge is 0.392 e. The van der Waals surface area contributed by atoms with E-state index in [4.69, 9.17) is 9.47 Å². The van der Waals surface area contributed by atoms with Crippen molar-refractivity contribution < 1.29 is 19.4 Å². The predicted molar refractivity (Wildman–Crippen MR) is 176 cm³/mol. The molecule has 7 heteroatoms. The van der Waals surface area contributed by atoms with E-state index in [1.54, 1.807) is 0 Å². The second-order valence-corrected chi connectivity index (χ2v) is 12.1. The number of amides is 2. The van der Waals surface area contributed by atoms with E-state index in [-0.39, 0.29) is 24.8 Å². The topological polar surface area (TPSA) is 83.1 Å². The number of aliphatic hydroxyl groups excluding tert-OH is 1. The molecule has 4 aromatic carbocycles. The van der Waals surface area contributed by atoms with Gasteiger partial charge in [-0.3, -0.25) is 0 Å². The number of hydrogen-bond donors (Lipinski definition) is 3. The summed E-state index contributed by atoms with van der Waals surface area (Å²) in [6.45, 7) is 4.09. The maximum absolute atomic E-state index is 12.4. The number of piperidine rings is 1. The van der Waals surface area contributed by atoms with Gasteiger partial charge < -0.3 is 30.1 Å². The molecule has 2 aliphatic rings. The summed E-state index contributed by atoms with van der Waals surface area (Å²) >= 11 is 0. The smallest absolute Gasteiger partial charge is 0.315 e. The Morgan fingerprint density at radius 3 is 2.16 bits per heavy atom. The minimum absolute atomic E-state index is 0.0284. The zero-order chi connectivity index (χ0) is 30.8. The first-order chi connectivity index (χ1) is 22.1. The lowest BCUT2D eigenvalue weighted by atomic mass is 9.98. The molecular formula is C38H43N3O4. The van der Waals surface area contributed by atoms with Gasteiger partial charge in [-0.2, -0.15) is 0 Å². The highest BCUT2D eigenvalue weighted by Gasteiger charge is 2.33. The number of ether oxygens (including phenoxy) is 2. The van der Waals surface area contributed by atoms with E-state index < -0.39 is 6.29 Å². The van der Waals surface area contributed by atoms with Crippen LogP contribution in [0.25, 0.3) is 11.1 Å². The molecule has 4 aromatic rings. The number of hydrogen-bond acceptors (Lipinski definition) is 5. The average molecular weight is 606 g/mol. The van der Waals surface area contributed by atoms with Gasteiger partial charge in [-0.15, -0.1) is 0 Å². The Morgan fingerprint density at radius 2 is 1.40 bits per heavy atom. The van der Waals surface area contributed by atoms with E-state index in [2.05, 4.69) is 64.1 Å². The van der Waals surface area contributed by atoms with E-state index >= 15 is 0 Å². The number of urea groups is 1. The van der Waals surface area contributed by atoms with Gasteiger partial charge in [0.2, 0.25) is 0 Å². The summed E-state index contributed by atoms with van der Waals surface area (Å²) in [4.78, 5) is 14.9. The summed E-state index contributed by atoms with van der Waals surface area (Å²) in [7, 11) is 0. The fraction of sp³-hybridized carbons (Fsp3) is 0.342. The van der Waals surface area contributed by atoms with Crippen molar-refractivity contribution in [3.05, 3.63) is 131 Å². The van der Waals surface area contributed by atoms with Gasteiger partial charge in [-0.05, 0) is 71.4 Å². The molecule has 2 amide bonds. The molecule has 0 unspecified atom stereocenters. The van der Waals surface area contributed by atoms with E-state index in [9.17, 15) is 9.90 Å². The summed E-state index contributed by atoms with van der Waals surface area (Å²) in [5, 5.41) is 15.4. The van der Waals surface area contributed by atoms with Crippen molar-refractivity contribution in [2.24, 2.45) is 0 Å². The van der Waals surface area contributed by atoms with Gasteiger partial charge in [-0.25, -0.2) is 4.79 Å². The van der Waals surface area contributed by atoms with E-state index in [1.165, 1.54) is 19.3 Å². The first-order valence-electron chi connectivity index (χ1n) is 16.1. The number of carbonyl (C=O) groups excluding carboxylic acids is 1. The van der Waals surface area contributed by atoms with Crippen molar-refractivity contribution in [2.45, 2.75) is 63.9 Å². The standard InChI is InChI=1S/C38H43N3O4/c42-27-29-15-17-31(18-16-29)36-23-35(26-41-19-5-2-6-20-41)44-37(45-36)34-14-8-13-33(22-34)32-12-7-11-30(21-32)25-40-38(43)39-24-28-9-3-1-4-10-28/h1,3-4,7-18,21-22,35-37,42H,2,5-6,19-20,23-27H2,(H2,39,40,43)/t35-,36+,37+/m0/s1. The third kappa shape index (κ3) is 8.59. The first-order valence-corrected chi connectivity index (χ1v) is 16.1. The van der Waals surface area contributed by atoms with Crippen molar-refractivity contribution in [1.29, 1.82) is 0 Å². The Hall–Kier alpha value is -4.01. The van der Waals surface area contributed by atoms with E-state index in [0.717, 1.165) is 65.0 Å². The van der Waals surface area contributed by atoms with Crippen LogP contribution in [0.1, 0.15) is 65.9 Å². The summed E-state index contributed by atoms with van der Waals surface area (Å²) in [5.41, 5.74) is 7.19. The van der Waals surface area contributed by atoms with Gasteiger partial charge in [0, 0.05) is 31.6 Å². The van der Waals surface area contributed by atoms with Crippen LogP contribution in [0.4, 0.5) is 4.79 Å². The molecule has 0 saturated carbocycles. The average Bonchev–Trinajstić information content (AvgIpc) is 3.11. The van der Waals surface area contributed by atoms with Crippen LogP contribution in [-0.4, -0.2) is 41.8 Å². The SMILES string of the molecule is O=C(NCc1ccccc1)NCc1cccc(-c2cccc([C@@H]3O[C@H](CN4CCCCC4)C[C@H](c4ccc(CO)cc4)O3)c2)c1. The van der Waals surface area contributed by atoms with Gasteiger partial charge in [0.25, 0.3) is 0 Å². The summed E-state index contributed by atoms with van der Waals surface area (Å²) < 4.78 is 13.3. The normalized spacial score (nSPS) is 20.4. The van der Waals surface area contributed by atoms with Gasteiger partial charge in [0.1, 0.15) is 0 Å². The number of likely N-dealkylation sites (tertiary alicyclic amines) is 1. The minimum atomic E-state index is -0.492. The number of nitrogens with zero attached hydrogens (tertiary/aromatic N) is 1. The van der Waals surface area contributed by atoms with Crippen LogP contribution < -0.4 is 10.6 Å². The van der Waals surface area contributed by atoms with E-state index in [1.807, 2.05) is 54.6 Å². The van der Waals surface area contributed by atoms with Crippen LogP contribution in [0.3, 0.4) is 0 Å². The lowest BCUT2D eigenvalue weighted by molar-refractivity contribution is -0.253. The minimum Gasteiger partial charge on any atom is -0.392 e. The van der Waals surface area contributed by atoms with Crippen molar-refractivity contribution >= 4 is 6.03 Å². The summed E-state index contributed by atoms with van der Waals surface area (Å²) in [5.74, 6) is 0. The van der Waals surface area contributed by atoms with Crippen molar-refractivity contribution in [1.82, 2.24) is 15.5 Å². The second-order valence-electron chi connectivity index (χ2n) is 12.1. The van der Waals surface area contributed by atoms with Gasteiger partial charge in [-0.1, -0.05) is 97.4 Å². The third-order valence-corrected chi connectivity index (χ3v) is 8.69. The van der Waals surface area contributed by atoms with Crippen molar-refractivity contribution in [3.8, 4) is 11.1 Å². The highest BCUT2D eigenvalue weighted by Crippen LogP contribution is 2.39. The zero-order valence-electron chi connectivity index (χ0n) is 25.7. The van der Waals surface area contributed by atoms with Crippen LogP contribution in [0.2, 0.25) is 0 Å². The molecule has 6 rings (SSSR count). The maximum atomic E-state index is 12.4. The lowest BCUT2D eigenvalue weighted by Crippen LogP contribution is -2.41. The molecule has 0 aromatic heterocycles. The Kier molecular flexibility index (Phi) is 10.6. The van der Waals surface area contributed by atoms with Gasteiger partial charge in [0.05, 0.1) is 18.8 Å². The van der Waals surface area contributed by atoms with Crippen LogP contribution in [0, 0.1) is 0 Å². The molecule has 2 aliphatic heterocycles. The molecule has 2 fully saturated rings. The molecule has 2 saturated heterocycles. The molecular weight excluding hydrogens is 562 g/mol. The summed E-state index contributed by atoms with van der Waals surface area (Å²) in [6, 6.07) is 34.4. The molecule has 234 valence electrons. The van der Waals surface area contributed by atoms with Crippen LogP contribution >= 0.6 is 0 Å².